The molecule has 0 saturated heterocycles. The molecule has 100 valence electrons. The van der Waals surface area contributed by atoms with Crippen molar-refractivity contribution in [2.45, 2.75) is 33.7 Å². The van der Waals surface area contributed by atoms with Gasteiger partial charge in [0.15, 0.2) is 0 Å². The lowest BCUT2D eigenvalue weighted by Crippen LogP contribution is -2.04. The highest BCUT2D eigenvalue weighted by Crippen LogP contribution is 2.28. The first kappa shape index (κ1) is 13.6. The van der Waals surface area contributed by atoms with Gasteiger partial charge in [-0.05, 0) is 68.1 Å². The van der Waals surface area contributed by atoms with Crippen molar-refractivity contribution < 1.29 is 4.74 Å². The molecule has 0 bridgehead atoms. The fourth-order valence-corrected chi connectivity index (χ4v) is 2.01. The van der Waals surface area contributed by atoms with Gasteiger partial charge in [-0.1, -0.05) is 18.2 Å². The van der Waals surface area contributed by atoms with Gasteiger partial charge in [0.05, 0.1) is 0 Å². The fourth-order valence-electron chi connectivity index (χ4n) is 2.01. The molecule has 2 aromatic rings. The van der Waals surface area contributed by atoms with Crippen LogP contribution < -0.4 is 10.5 Å². The van der Waals surface area contributed by atoms with E-state index in [-0.39, 0.29) is 6.04 Å². The molecule has 1 atom stereocenters. The van der Waals surface area contributed by atoms with Gasteiger partial charge in [0.25, 0.3) is 0 Å². The molecular formula is C17H21NO. The van der Waals surface area contributed by atoms with Crippen molar-refractivity contribution in [3.05, 3.63) is 58.7 Å². The van der Waals surface area contributed by atoms with E-state index in [4.69, 9.17) is 10.5 Å². The highest BCUT2D eigenvalue weighted by atomic mass is 16.5. The Balaban J connectivity index is 2.24. The Kier molecular flexibility index (Phi) is 3.91. The average molecular weight is 255 g/mol. The van der Waals surface area contributed by atoms with Crippen LogP contribution in [-0.2, 0) is 0 Å². The van der Waals surface area contributed by atoms with Gasteiger partial charge in [0, 0.05) is 6.04 Å². The van der Waals surface area contributed by atoms with Crippen LogP contribution in [0.3, 0.4) is 0 Å². The topological polar surface area (TPSA) is 35.2 Å². The molecule has 0 amide bonds. The molecular weight excluding hydrogens is 234 g/mol. The summed E-state index contributed by atoms with van der Waals surface area (Å²) >= 11 is 0. The van der Waals surface area contributed by atoms with Gasteiger partial charge in [-0.2, -0.15) is 0 Å². The summed E-state index contributed by atoms with van der Waals surface area (Å²) < 4.78 is 5.94. The van der Waals surface area contributed by atoms with Crippen LogP contribution >= 0.6 is 0 Å². The second-order valence-corrected chi connectivity index (χ2v) is 5.16. The monoisotopic (exact) mass is 255 g/mol. The number of aryl methyl sites for hydroxylation is 3. The van der Waals surface area contributed by atoms with Crippen molar-refractivity contribution in [1.82, 2.24) is 0 Å². The second kappa shape index (κ2) is 5.45. The summed E-state index contributed by atoms with van der Waals surface area (Å²) in [5.41, 5.74) is 10.6. The van der Waals surface area contributed by atoms with E-state index in [2.05, 4.69) is 32.9 Å². The molecule has 0 saturated carbocycles. The quantitative estimate of drug-likeness (QED) is 0.881. The Labute approximate surface area is 115 Å². The number of rotatable bonds is 3. The highest BCUT2D eigenvalue weighted by Gasteiger charge is 2.05. The lowest BCUT2D eigenvalue weighted by atomic mass is 10.1. The molecule has 2 aromatic carbocycles. The van der Waals surface area contributed by atoms with Crippen molar-refractivity contribution in [3.63, 3.8) is 0 Å². The van der Waals surface area contributed by atoms with Crippen LogP contribution in [0.1, 0.15) is 35.2 Å². The zero-order valence-electron chi connectivity index (χ0n) is 12.0. The van der Waals surface area contributed by atoms with Gasteiger partial charge in [-0.15, -0.1) is 0 Å². The molecule has 0 aliphatic carbocycles. The largest absolute Gasteiger partial charge is 0.457 e. The van der Waals surface area contributed by atoms with Crippen molar-refractivity contribution >= 4 is 0 Å². The summed E-state index contributed by atoms with van der Waals surface area (Å²) in [5.74, 6) is 1.76. The van der Waals surface area contributed by atoms with Crippen LogP contribution in [-0.4, -0.2) is 0 Å². The van der Waals surface area contributed by atoms with Gasteiger partial charge in [0.1, 0.15) is 11.5 Å². The standard InChI is InChI=1S/C17H21NO/c1-11-9-13(3)17(10-12(11)2)19-16-7-5-15(6-8-16)14(4)18/h5-10,14H,18H2,1-4H3. The molecule has 0 aliphatic heterocycles. The summed E-state index contributed by atoms with van der Waals surface area (Å²) in [6, 6.07) is 12.2. The van der Waals surface area contributed by atoms with Crippen molar-refractivity contribution in [1.29, 1.82) is 0 Å². The number of benzene rings is 2. The van der Waals surface area contributed by atoms with Gasteiger partial charge in [-0.3, -0.25) is 0 Å². The first-order valence-electron chi connectivity index (χ1n) is 6.58. The van der Waals surface area contributed by atoms with Crippen molar-refractivity contribution in [3.8, 4) is 11.5 Å². The lowest BCUT2D eigenvalue weighted by Gasteiger charge is -2.12. The van der Waals surface area contributed by atoms with E-state index in [1.54, 1.807) is 0 Å². The third kappa shape index (κ3) is 3.15. The first-order chi connectivity index (χ1) is 8.97. The van der Waals surface area contributed by atoms with Gasteiger partial charge in [-0.25, -0.2) is 0 Å². The van der Waals surface area contributed by atoms with Crippen molar-refractivity contribution in [2.24, 2.45) is 5.73 Å². The predicted molar refractivity (Wildman–Crippen MR) is 79.8 cm³/mol. The molecule has 0 heterocycles. The van der Waals surface area contributed by atoms with E-state index in [1.165, 1.54) is 11.1 Å². The van der Waals surface area contributed by atoms with Crippen LogP contribution in [0, 0.1) is 20.8 Å². The number of hydrogen-bond acceptors (Lipinski definition) is 2. The number of hydrogen-bond donors (Lipinski definition) is 1. The normalized spacial score (nSPS) is 12.3. The van der Waals surface area contributed by atoms with Crippen LogP contribution in [0.5, 0.6) is 11.5 Å². The summed E-state index contributed by atoms with van der Waals surface area (Å²) in [6.45, 7) is 8.26. The van der Waals surface area contributed by atoms with E-state index in [9.17, 15) is 0 Å². The van der Waals surface area contributed by atoms with Crippen LogP contribution in [0.2, 0.25) is 0 Å². The summed E-state index contributed by atoms with van der Waals surface area (Å²) in [6.07, 6.45) is 0. The highest BCUT2D eigenvalue weighted by molar-refractivity contribution is 5.43. The van der Waals surface area contributed by atoms with Gasteiger partial charge < -0.3 is 10.5 Å². The summed E-state index contributed by atoms with van der Waals surface area (Å²) in [4.78, 5) is 0. The third-order valence-electron chi connectivity index (χ3n) is 3.42. The van der Waals surface area contributed by atoms with Crippen molar-refractivity contribution in [2.75, 3.05) is 0 Å². The molecule has 0 spiro atoms. The van der Waals surface area contributed by atoms with E-state index in [0.29, 0.717) is 0 Å². The molecule has 2 N–H and O–H groups in total. The maximum atomic E-state index is 5.94. The second-order valence-electron chi connectivity index (χ2n) is 5.16. The Bertz CT molecular complexity index is 571. The summed E-state index contributed by atoms with van der Waals surface area (Å²) in [7, 11) is 0. The van der Waals surface area contributed by atoms with E-state index >= 15 is 0 Å². The zero-order valence-corrected chi connectivity index (χ0v) is 12.0. The third-order valence-corrected chi connectivity index (χ3v) is 3.42. The van der Waals surface area contributed by atoms with E-state index in [0.717, 1.165) is 22.6 Å². The maximum Gasteiger partial charge on any atom is 0.130 e. The summed E-state index contributed by atoms with van der Waals surface area (Å²) in [5, 5.41) is 0. The predicted octanol–water partition coefficient (Wildman–Crippen LogP) is 4.42. The molecule has 1 unspecified atom stereocenters. The molecule has 2 rings (SSSR count). The number of ether oxygens (including phenoxy) is 1. The lowest BCUT2D eigenvalue weighted by molar-refractivity contribution is 0.478. The van der Waals surface area contributed by atoms with E-state index in [1.807, 2.05) is 31.2 Å². The minimum Gasteiger partial charge on any atom is -0.457 e. The molecule has 19 heavy (non-hydrogen) atoms. The van der Waals surface area contributed by atoms with Crippen LogP contribution in [0.4, 0.5) is 0 Å². The zero-order chi connectivity index (χ0) is 14.0. The Morgan fingerprint density at radius 2 is 1.47 bits per heavy atom. The maximum absolute atomic E-state index is 5.94. The van der Waals surface area contributed by atoms with Gasteiger partial charge >= 0.3 is 0 Å². The Hall–Kier alpha value is -1.80. The first-order valence-corrected chi connectivity index (χ1v) is 6.58. The minimum absolute atomic E-state index is 0.0532. The molecule has 0 aromatic heterocycles. The molecule has 0 aliphatic rings. The smallest absolute Gasteiger partial charge is 0.130 e. The SMILES string of the molecule is Cc1cc(C)c(Oc2ccc(C(C)N)cc2)cc1C. The van der Waals surface area contributed by atoms with Crippen LogP contribution in [0.15, 0.2) is 36.4 Å². The molecule has 0 fully saturated rings. The Morgan fingerprint density at radius 1 is 0.895 bits per heavy atom. The fraction of sp³-hybridized carbons (Fsp3) is 0.294. The van der Waals surface area contributed by atoms with E-state index < -0.39 is 0 Å². The molecule has 0 radical (unpaired) electrons. The molecule has 2 nitrogen and oxygen atoms in total. The van der Waals surface area contributed by atoms with Gasteiger partial charge in [0.2, 0.25) is 0 Å². The van der Waals surface area contributed by atoms with Crippen LogP contribution in [0.25, 0.3) is 0 Å². The minimum atomic E-state index is 0.0532. The molecule has 2 heteroatoms. The Morgan fingerprint density at radius 3 is 2.05 bits per heavy atom. The number of nitrogens with two attached hydrogens (primary N) is 1. The average Bonchev–Trinajstić information content (AvgIpc) is 2.36.